The molecule has 4 heteroatoms. The second-order valence-corrected chi connectivity index (χ2v) is 3.86. The number of nitrogens with one attached hydrogen (secondary N) is 1. The minimum atomic E-state index is 0.490. The Morgan fingerprint density at radius 3 is 2.67 bits per heavy atom. The number of benzene rings is 1. The van der Waals surface area contributed by atoms with E-state index in [-0.39, 0.29) is 0 Å². The van der Waals surface area contributed by atoms with Crippen LogP contribution in [0.15, 0.2) is 17.1 Å². The van der Waals surface area contributed by atoms with Gasteiger partial charge in [0.1, 0.15) is 0 Å². The summed E-state index contributed by atoms with van der Waals surface area (Å²) >= 11 is 0. The Bertz CT molecular complexity index is 409. The van der Waals surface area contributed by atoms with Gasteiger partial charge in [-0.05, 0) is 49.4 Å². The number of hydrogen-bond acceptors (Lipinski definition) is 3. The lowest BCUT2D eigenvalue weighted by Crippen LogP contribution is -2.04. The number of amidine groups is 1. The Balaban J connectivity index is 2.49. The fourth-order valence-corrected chi connectivity index (χ4v) is 1.98. The van der Waals surface area contributed by atoms with Crippen molar-refractivity contribution in [2.45, 2.75) is 26.2 Å². The van der Waals surface area contributed by atoms with Gasteiger partial charge in [-0.25, -0.2) is 4.99 Å². The van der Waals surface area contributed by atoms with E-state index in [0.29, 0.717) is 17.2 Å². The molecule has 0 heterocycles. The third-order valence-corrected chi connectivity index (χ3v) is 2.63. The zero-order valence-corrected chi connectivity index (χ0v) is 8.75. The first-order chi connectivity index (χ1) is 7.20. The number of aliphatic imine (C=N–C) groups is 1. The highest BCUT2D eigenvalue weighted by atomic mass is 16.5. The highest BCUT2D eigenvalue weighted by molar-refractivity contribution is 5.83. The van der Waals surface area contributed by atoms with Gasteiger partial charge in [0.2, 0.25) is 0 Å². The molecular formula is C11H15N3O. The van der Waals surface area contributed by atoms with Gasteiger partial charge in [-0.15, -0.1) is 0 Å². The maximum absolute atomic E-state index is 9.00. The molecule has 80 valence electrons. The van der Waals surface area contributed by atoms with Gasteiger partial charge in [-0.3, -0.25) is 10.7 Å². The van der Waals surface area contributed by atoms with Crippen LogP contribution < -0.4 is 11.2 Å². The predicted molar refractivity (Wildman–Crippen MR) is 60.8 cm³/mol. The second-order valence-electron chi connectivity index (χ2n) is 3.86. The molecule has 0 saturated heterocycles. The van der Waals surface area contributed by atoms with Gasteiger partial charge >= 0.3 is 0 Å². The van der Waals surface area contributed by atoms with E-state index in [9.17, 15) is 0 Å². The molecule has 0 unspecified atom stereocenters. The quantitative estimate of drug-likeness (QED) is 0.393. The third kappa shape index (κ3) is 1.94. The van der Waals surface area contributed by atoms with Crippen LogP contribution in [-0.4, -0.2) is 11.0 Å². The lowest BCUT2D eigenvalue weighted by Gasteiger charge is -2.08. The first-order valence-electron chi connectivity index (χ1n) is 5.07. The standard InChI is InChI=1S/C11H15N3O/c1-7(12)13-10-5-8-3-2-4-9(8)6-11(10)14-15/h5-6,14-15H,2-4H2,1H3,(H2,12,13). The molecule has 1 aromatic rings. The molecule has 4 N–H and O–H groups in total. The van der Waals surface area contributed by atoms with E-state index in [1.54, 1.807) is 6.92 Å². The van der Waals surface area contributed by atoms with Gasteiger partial charge in [-0.2, -0.15) is 0 Å². The van der Waals surface area contributed by atoms with E-state index in [0.717, 1.165) is 12.8 Å². The van der Waals surface area contributed by atoms with E-state index >= 15 is 0 Å². The Hall–Kier alpha value is -1.55. The summed E-state index contributed by atoms with van der Waals surface area (Å²) in [6.07, 6.45) is 3.35. The van der Waals surface area contributed by atoms with Crippen molar-refractivity contribution < 1.29 is 5.21 Å². The van der Waals surface area contributed by atoms with Gasteiger partial charge in [0.05, 0.1) is 17.2 Å². The summed E-state index contributed by atoms with van der Waals surface area (Å²) in [5.41, 5.74) is 11.6. The third-order valence-electron chi connectivity index (χ3n) is 2.63. The van der Waals surface area contributed by atoms with E-state index < -0.39 is 0 Å². The molecule has 0 saturated carbocycles. The molecule has 1 aliphatic carbocycles. The molecule has 0 atom stereocenters. The summed E-state index contributed by atoms with van der Waals surface area (Å²) in [5.74, 6) is 0.490. The zero-order valence-electron chi connectivity index (χ0n) is 8.75. The van der Waals surface area contributed by atoms with Crippen molar-refractivity contribution in [3.8, 4) is 0 Å². The first kappa shape index (κ1) is 9.98. The Labute approximate surface area is 88.8 Å². The molecule has 0 aliphatic heterocycles. The summed E-state index contributed by atoms with van der Waals surface area (Å²) in [5, 5.41) is 9.00. The summed E-state index contributed by atoms with van der Waals surface area (Å²) in [7, 11) is 0. The summed E-state index contributed by atoms with van der Waals surface area (Å²) in [6, 6.07) is 3.95. The molecule has 1 aliphatic rings. The predicted octanol–water partition coefficient (Wildman–Crippen LogP) is 1.98. The molecule has 1 aromatic carbocycles. The average molecular weight is 205 g/mol. The van der Waals surface area contributed by atoms with Crippen LogP contribution in [0.2, 0.25) is 0 Å². The van der Waals surface area contributed by atoms with Crippen LogP contribution in [0.25, 0.3) is 0 Å². The number of rotatable bonds is 2. The minimum Gasteiger partial charge on any atom is -0.387 e. The molecule has 0 spiro atoms. The lowest BCUT2D eigenvalue weighted by molar-refractivity contribution is 0.389. The fraction of sp³-hybridized carbons (Fsp3) is 0.364. The number of fused-ring (bicyclic) bond motifs is 1. The molecule has 2 rings (SSSR count). The smallest absolute Gasteiger partial charge is 0.0965 e. The fourth-order valence-electron chi connectivity index (χ4n) is 1.98. The van der Waals surface area contributed by atoms with E-state index in [1.807, 2.05) is 12.1 Å². The summed E-state index contributed by atoms with van der Waals surface area (Å²) < 4.78 is 0. The average Bonchev–Trinajstić information content (AvgIpc) is 2.62. The van der Waals surface area contributed by atoms with Crippen LogP contribution in [0.1, 0.15) is 24.5 Å². The molecule has 0 aromatic heterocycles. The second kappa shape index (κ2) is 3.90. The van der Waals surface area contributed by atoms with Gasteiger partial charge in [0, 0.05) is 0 Å². The molecule has 4 nitrogen and oxygen atoms in total. The SMILES string of the molecule is CC(N)=Nc1cc2c(cc1NO)CCC2. The van der Waals surface area contributed by atoms with Crippen LogP contribution in [0.4, 0.5) is 11.4 Å². The van der Waals surface area contributed by atoms with Crippen LogP contribution >= 0.6 is 0 Å². The van der Waals surface area contributed by atoms with E-state index in [1.165, 1.54) is 17.5 Å². The van der Waals surface area contributed by atoms with E-state index in [4.69, 9.17) is 10.9 Å². The number of nitrogens with zero attached hydrogens (tertiary/aromatic N) is 1. The van der Waals surface area contributed by atoms with Crippen molar-refractivity contribution in [1.82, 2.24) is 0 Å². The zero-order chi connectivity index (χ0) is 10.8. The topological polar surface area (TPSA) is 70.6 Å². The van der Waals surface area contributed by atoms with Gasteiger partial charge in [-0.1, -0.05) is 0 Å². The van der Waals surface area contributed by atoms with Crippen molar-refractivity contribution in [2.24, 2.45) is 10.7 Å². The van der Waals surface area contributed by atoms with Crippen LogP contribution in [-0.2, 0) is 12.8 Å². The highest BCUT2D eigenvalue weighted by Crippen LogP contribution is 2.33. The van der Waals surface area contributed by atoms with Crippen molar-refractivity contribution in [2.75, 3.05) is 5.48 Å². The molecule has 0 fully saturated rings. The molecular weight excluding hydrogens is 190 g/mol. The minimum absolute atomic E-state index is 0.490. The van der Waals surface area contributed by atoms with Crippen molar-refractivity contribution in [1.29, 1.82) is 0 Å². The van der Waals surface area contributed by atoms with E-state index in [2.05, 4.69) is 10.5 Å². The molecule has 0 bridgehead atoms. The van der Waals surface area contributed by atoms with Gasteiger partial charge < -0.3 is 5.73 Å². The number of anilines is 1. The lowest BCUT2D eigenvalue weighted by atomic mass is 10.1. The molecule has 0 amide bonds. The number of hydrogen-bond donors (Lipinski definition) is 3. The van der Waals surface area contributed by atoms with Gasteiger partial charge in [0.15, 0.2) is 0 Å². The Morgan fingerprint density at radius 1 is 1.40 bits per heavy atom. The summed E-state index contributed by atoms with van der Waals surface area (Å²) in [6.45, 7) is 1.73. The summed E-state index contributed by atoms with van der Waals surface area (Å²) in [4.78, 5) is 4.18. The van der Waals surface area contributed by atoms with Crippen LogP contribution in [0, 0.1) is 0 Å². The van der Waals surface area contributed by atoms with Crippen LogP contribution in [0.3, 0.4) is 0 Å². The first-order valence-corrected chi connectivity index (χ1v) is 5.07. The maximum Gasteiger partial charge on any atom is 0.0965 e. The maximum atomic E-state index is 9.00. The highest BCUT2D eigenvalue weighted by Gasteiger charge is 2.14. The number of nitrogens with two attached hydrogens (primary N) is 1. The number of aryl methyl sites for hydroxylation is 2. The van der Waals surface area contributed by atoms with Crippen LogP contribution in [0.5, 0.6) is 0 Å². The molecule has 15 heavy (non-hydrogen) atoms. The van der Waals surface area contributed by atoms with Gasteiger partial charge in [0.25, 0.3) is 0 Å². The molecule has 0 radical (unpaired) electrons. The Kier molecular flexibility index (Phi) is 2.60. The monoisotopic (exact) mass is 205 g/mol. The van der Waals surface area contributed by atoms with Crippen molar-refractivity contribution >= 4 is 17.2 Å². The normalized spacial score (nSPS) is 15.2. The van der Waals surface area contributed by atoms with Crippen molar-refractivity contribution in [3.63, 3.8) is 0 Å². The largest absolute Gasteiger partial charge is 0.387 e. The Morgan fingerprint density at radius 2 is 2.07 bits per heavy atom. The van der Waals surface area contributed by atoms with Crippen molar-refractivity contribution in [3.05, 3.63) is 23.3 Å².